The molecule has 0 radical (unpaired) electrons. The molecule has 3 heteroatoms. The van der Waals surface area contributed by atoms with Crippen LogP contribution in [0.15, 0.2) is 54.6 Å². The second kappa shape index (κ2) is 7.30. The fourth-order valence-electron chi connectivity index (χ4n) is 1.99. The molecule has 0 N–H and O–H groups in total. The van der Waals surface area contributed by atoms with Gasteiger partial charge in [-0.1, -0.05) is 42.2 Å². The van der Waals surface area contributed by atoms with Crippen LogP contribution in [0.2, 0.25) is 19.6 Å². The Hall–Kier alpha value is -2.02. The monoisotopic (exact) mass is 310 g/mol. The summed E-state index contributed by atoms with van der Waals surface area (Å²) in [5.41, 5.74) is 2.06. The Bertz CT molecular complexity index is 646. The second-order valence-corrected chi connectivity index (χ2v) is 10.5. The maximum absolute atomic E-state index is 6.23. The lowest BCUT2D eigenvalue weighted by atomic mass is 10.1. The highest BCUT2D eigenvalue weighted by Crippen LogP contribution is 2.21. The zero-order valence-electron chi connectivity index (χ0n) is 13.6. The predicted octanol–water partition coefficient (Wildman–Crippen LogP) is 4.64. The molecule has 0 saturated heterocycles. The lowest BCUT2D eigenvalue weighted by Crippen LogP contribution is -2.27. The number of hydrogen-bond acceptors (Lipinski definition) is 2. The van der Waals surface area contributed by atoms with E-state index in [-0.39, 0.29) is 6.10 Å². The molecule has 22 heavy (non-hydrogen) atoms. The van der Waals surface area contributed by atoms with Crippen molar-refractivity contribution in [2.45, 2.75) is 25.7 Å². The van der Waals surface area contributed by atoms with Crippen LogP contribution in [-0.4, -0.2) is 15.4 Å². The Morgan fingerprint density at radius 3 is 2.09 bits per heavy atom. The van der Waals surface area contributed by atoms with E-state index in [1.54, 1.807) is 7.11 Å². The SMILES string of the molecule is COc1ccc(C#CC(O[Si](C)(C)C)c2ccccc2)cc1. The van der Waals surface area contributed by atoms with E-state index >= 15 is 0 Å². The van der Waals surface area contributed by atoms with Crippen molar-refractivity contribution in [3.63, 3.8) is 0 Å². The molecule has 0 spiro atoms. The summed E-state index contributed by atoms with van der Waals surface area (Å²) >= 11 is 0. The molecule has 1 unspecified atom stereocenters. The first-order valence-electron chi connectivity index (χ1n) is 7.36. The van der Waals surface area contributed by atoms with Crippen LogP contribution in [0.1, 0.15) is 17.2 Å². The standard InChI is InChI=1S/C19H22O2Si/c1-20-18-13-10-16(11-14-18)12-15-19(21-22(2,3)4)17-8-6-5-7-9-17/h5-11,13-14,19H,1-4H3. The van der Waals surface area contributed by atoms with Gasteiger partial charge < -0.3 is 9.16 Å². The van der Waals surface area contributed by atoms with E-state index in [1.165, 1.54) is 0 Å². The first-order valence-corrected chi connectivity index (χ1v) is 10.8. The highest BCUT2D eigenvalue weighted by Gasteiger charge is 2.20. The van der Waals surface area contributed by atoms with Crippen molar-refractivity contribution in [1.82, 2.24) is 0 Å². The van der Waals surface area contributed by atoms with Gasteiger partial charge in [0.15, 0.2) is 8.32 Å². The van der Waals surface area contributed by atoms with Crippen LogP contribution in [0.4, 0.5) is 0 Å². The summed E-state index contributed by atoms with van der Waals surface area (Å²) in [6, 6.07) is 17.9. The minimum absolute atomic E-state index is 0.185. The number of methoxy groups -OCH3 is 1. The van der Waals surface area contributed by atoms with Gasteiger partial charge in [0, 0.05) is 5.56 Å². The van der Waals surface area contributed by atoms with E-state index in [9.17, 15) is 0 Å². The number of ether oxygens (including phenoxy) is 1. The zero-order valence-corrected chi connectivity index (χ0v) is 14.6. The lowest BCUT2D eigenvalue weighted by Gasteiger charge is -2.23. The molecule has 2 aromatic rings. The van der Waals surface area contributed by atoms with Gasteiger partial charge in [-0.2, -0.15) is 0 Å². The molecule has 1 atom stereocenters. The maximum atomic E-state index is 6.23. The van der Waals surface area contributed by atoms with Gasteiger partial charge in [-0.15, -0.1) is 0 Å². The molecule has 0 saturated carbocycles. The highest BCUT2D eigenvalue weighted by molar-refractivity contribution is 6.69. The van der Waals surface area contributed by atoms with Gasteiger partial charge in [-0.3, -0.25) is 0 Å². The third-order valence-electron chi connectivity index (χ3n) is 3.01. The van der Waals surface area contributed by atoms with E-state index in [0.29, 0.717) is 0 Å². The summed E-state index contributed by atoms with van der Waals surface area (Å²) in [4.78, 5) is 0. The van der Waals surface area contributed by atoms with Gasteiger partial charge in [0.25, 0.3) is 0 Å². The van der Waals surface area contributed by atoms with Gasteiger partial charge in [0.2, 0.25) is 0 Å². The molecule has 0 amide bonds. The second-order valence-electron chi connectivity index (χ2n) is 6.02. The van der Waals surface area contributed by atoms with Gasteiger partial charge in [-0.05, 0) is 49.5 Å². The van der Waals surface area contributed by atoms with Crippen LogP contribution in [0.25, 0.3) is 0 Å². The Balaban J connectivity index is 2.24. The average Bonchev–Trinajstić information content (AvgIpc) is 2.52. The fourth-order valence-corrected chi connectivity index (χ4v) is 2.89. The minimum Gasteiger partial charge on any atom is -0.497 e. The summed E-state index contributed by atoms with van der Waals surface area (Å²) in [6.07, 6.45) is -0.185. The quantitative estimate of drug-likeness (QED) is 0.605. The lowest BCUT2D eigenvalue weighted by molar-refractivity contribution is 0.257. The van der Waals surface area contributed by atoms with Crippen molar-refractivity contribution in [2.75, 3.05) is 7.11 Å². The van der Waals surface area contributed by atoms with Gasteiger partial charge in [0.1, 0.15) is 11.9 Å². The van der Waals surface area contributed by atoms with E-state index in [0.717, 1.165) is 16.9 Å². The minimum atomic E-state index is -1.68. The van der Waals surface area contributed by atoms with Crippen molar-refractivity contribution in [3.8, 4) is 17.6 Å². The zero-order chi connectivity index (χ0) is 16.0. The summed E-state index contributed by atoms with van der Waals surface area (Å²) in [5.74, 6) is 7.31. The summed E-state index contributed by atoms with van der Waals surface area (Å²) in [7, 11) is -0.0179. The van der Waals surface area contributed by atoms with Crippen LogP contribution >= 0.6 is 0 Å². The first-order chi connectivity index (χ1) is 10.5. The normalized spacial score (nSPS) is 12.2. The molecule has 2 nitrogen and oxygen atoms in total. The van der Waals surface area contributed by atoms with Gasteiger partial charge >= 0.3 is 0 Å². The fraction of sp³-hybridized carbons (Fsp3) is 0.263. The molecule has 0 aromatic heterocycles. The highest BCUT2D eigenvalue weighted by atomic mass is 28.4. The third kappa shape index (κ3) is 5.07. The van der Waals surface area contributed by atoms with E-state index in [2.05, 4.69) is 43.6 Å². The number of benzene rings is 2. The van der Waals surface area contributed by atoms with E-state index in [1.807, 2.05) is 42.5 Å². The van der Waals surface area contributed by atoms with Crippen LogP contribution in [-0.2, 0) is 4.43 Å². The van der Waals surface area contributed by atoms with Crippen molar-refractivity contribution >= 4 is 8.32 Å². The van der Waals surface area contributed by atoms with Gasteiger partial charge in [0.05, 0.1) is 7.11 Å². The van der Waals surface area contributed by atoms with Crippen LogP contribution in [0, 0.1) is 11.8 Å². The van der Waals surface area contributed by atoms with Crippen molar-refractivity contribution in [2.24, 2.45) is 0 Å². The van der Waals surface area contributed by atoms with Crippen LogP contribution in [0.3, 0.4) is 0 Å². The smallest absolute Gasteiger partial charge is 0.185 e. The molecular formula is C19H22O2Si. The Labute approximate surface area is 134 Å². The van der Waals surface area contributed by atoms with Gasteiger partial charge in [-0.25, -0.2) is 0 Å². The topological polar surface area (TPSA) is 18.5 Å². The van der Waals surface area contributed by atoms with Crippen LogP contribution < -0.4 is 4.74 Å². The summed E-state index contributed by atoms with van der Waals surface area (Å²) in [6.45, 7) is 6.54. The van der Waals surface area contributed by atoms with E-state index in [4.69, 9.17) is 9.16 Å². The molecule has 0 fully saturated rings. The largest absolute Gasteiger partial charge is 0.497 e. The van der Waals surface area contributed by atoms with E-state index < -0.39 is 8.32 Å². The Morgan fingerprint density at radius 2 is 1.55 bits per heavy atom. The first kappa shape index (κ1) is 16.3. The number of rotatable bonds is 4. The van der Waals surface area contributed by atoms with Crippen molar-refractivity contribution < 1.29 is 9.16 Å². The predicted molar refractivity (Wildman–Crippen MR) is 93.5 cm³/mol. The number of hydrogen-bond donors (Lipinski definition) is 0. The molecule has 0 aliphatic heterocycles. The Kier molecular flexibility index (Phi) is 5.43. The molecule has 0 aliphatic carbocycles. The Morgan fingerprint density at radius 1 is 0.909 bits per heavy atom. The molecule has 0 aliphatic rings. The molecule has 2 rings (SSSR count). The van der Waals surface area contributed by atoms with Crippen LogP contribution in [0.5, 0.6) is 5.75 Å². The van der Waals surface area contributed by atoms with Crippen molar-refractivity contribution in [3.05, 3.63) is 65.7 Å². The molecular weight excluding hydrogens is 288 g/mol. The summed E-state index contributed by atoms with van der Waals surface area (Å²) < 4.78 is 11.4. The molecule has 0 heterocycles. The maximum Gasteiger partial charge on any atom is 0.185 e. The average molecular weight is 310 g/mol. The molecule has 2 aromatic carbocycles. The molecule has 0 bridgehead atoms. The third-order valence-corrected chi connectivity index (χ3v) is 3.95. The van der Waals surface area contributed by atoms with Crippen molar-refractivity contribution in [1.29, 1.82) is 0 Å². The molecule has 114 valence electrons. The summed E-state index contributed by atoms with van der Waals surface area (Å²) in [5, 5.41) is 0.